The molecule has 4 rings (SSSR count). The Labute approximate surface area is 189 Å². The molecule has 4 heteroatoms. The number of rotatable bonds is 4. The molecule has 166 valence electrons. The summed E-state index contributed by atoms with van der Waals surface area (Å²) in [6, 6.07) is 24.1. The summed E-state index contributed by atoms with van der Waals surface area (Å²) >= 11 is 0. The molecule has 3 aromatic carbocycles. The normalized spacial score (nSPS) is 22.2. The number of benzene rings is 3. The fourth-order valence-electron chi connectivity index (χ4n) is 5.58. The van der Waals surface area contributed by atoms with E-state index in [0.29, 0.717) is 17.4 Å². The first kappa shape index (κ1) is 21.9. The number of hydrogen-bond acceptors (Lipinski definition) is 4. The van der Waals surface area contributed by atoms with Crippen LogP contribution >= 0.6 is 0 Å². The van der Waals surface area contributed by atoms with Gasteiger partial charge in [-0.2, -0.15) is 0 Å². The van der Waals surface area contributed by atoms with Gasteiger partial charge >= 0.3 is 6.16 Å². The Kier molecular flexibility index (Phi) is 5.96. The lowest BCUT2D eigenvalue weighted by Gasteiger charge is -2.49. The molecule has 0 spiro atoms. The highest BCUT2D eigenvalue weighted by molar-refractivity contribution is 5.68. The minimum absolute atomic E-state index is 0.104. The van der Waals surface area contributed by atoms with Crippen molar-refractivity contribution in [3.05, 3.63) is 90.0 Å². The summed E-state index contributed by atoms with van der Waals surface area (Å²) in [6.07, 6.45) is 2.21. The zero-order valence-corrected chi connectivity index (χ0v) is 18.9. The van der Waals surface area contributed by atoms with Gasteiger partial charge in [0.25, 0.3) is 0 Å². The van der Waals surface area contributed by atoms with Crippen molar-refractivity contribution in [1.29, 1.82) is 0 Å². The summed E-state index contributed by atoms with van der Waals surface area (Å²) in [5.74, 6) is 1.67. The topological polar surface area (TPSA) is 55.8 Å². The molecule has 0 aromatic heterocycles. The van der Waals surface area contributed by atoms with Gasteiger partial charge in [-0.25, -0.2) is 4.79 Å². The molecule has 0 radical (unpaired) electrons. The molecule has 0 bridgehead atoms. The molecule has 2 atom stereocenters. The zero-order valence-electron chi connectivity index (χ0n) is 18.9. The SMILES string of the molecule is CC1CC(C)(C)CC(c2ccc(O)cc2)(c2ccccc2OC(=O)Oc2ccccc2)C1. The van der Waals surface area contributed by atoms with E-state index in [2.05, 4.69) is 20.8 Å². The van der Waals surface area contributed by atoms with Crippen LogP contribution in [0.5, 0.6) is 17.2 Å². The molecule has 1 aliphatic rings. The summed E-state index contributed by atoms with van der Waals surface area (Å²) < 4.78 is 11.1. The number of carbonyl (C=O) groups is 1. The van der Waals surface area contributed by atoms with Crippen molar-refractivity contribution in [2.24, 2.45) is 11.3 Å². The van der Waals surface area contributed by atoms with Gasteiger partial charge in [0.15, 0.2) is 0 Å². The van der Waals surface area contributed by atoms with Gasteiger partial charge in [0, 0.05) is 11.0 Å². The summed E-state index contributed by atoms with van der Waals surface area (Å²) in [7, 11) is 0. The van der Waals surface area contributed by atoms with Crippen LogP contribution in [-0.4, -0.2) is 11.3 Å². The smallest absolute Gasteiger partial charge is 0.508 e. The van der Waals surface area contributed by atoms with Crippen molar-refractivity contribution in [1.82, 2.24) is 0 Å². The van der Waals surface area contributed by atoms with E-state index in [1.165, 1.54) is 0 Å². The van der Waals surface area contributed by atoms with Gasteiger partial charge in [-0.15, -0.1) is 0 Å². The Bertz CT molecular complexity index is 1070. The molecule has 0 saturated heterocycles. The van der Waals surface area contributed by atoms with Gasteiger partial charge in [0.2, 0.25) is 0 Å². The molecule has 4 nitrogen and oxygen atoms in total. The average molecular weight is 431 g/mol. The Morgan fingerprint density at radius 1 is 0.875 bits per heavy atom. The summed E-state index contributed by atoms with van der Waals surface area (Å²) in [4.78, 5) is 12.6. The number of para-hydroxylation sites is 2. The third kappa shape index (κ3) is 4.64. The molecule has 1 aliphatic carbocycles. The van der Waals surface area contributed by atoms with E-state index in [1.54, 1.807) is 24.3 Å². The van der Waals surface area contributed by atoms with E-state index in [4.69, 9.17) is 9.47 Å². The maximum Gasteiger partial charge on any atom is 0.519 e. The van der Waals surface area contributed by atoms with E-state index in [0.717, 1.165) is 30.4 Å². The van der Waals surface area contributed by atoms with E-state index >= 15 is 0 Å². The van der Waals surface area contributed by atoms with Crippen molar-refractivity contribution in [3.8, 4) is 17.2 Å². The summed E-state index contributed by atoms with van der Waals surface area (Å²) in [5, 5.41) is 9.89. The van der Waals surface area contributed by atoms with Crippen LogP contribution in [0, 0.1) is 11.3 Å². The first-order chi connectivity index (χ1) is 15.3. The summed E-state index contributed by atoms with van der Waals surface area (Å²) in [5.41, 5.74) is 1.84. The third-order valence-corrected chi connectivity index (χ3v) is 6.34. The van der Waals surface area contributed by atoms with Crippen LogP contribution in [0.25, 0.3) is 0 Å². The highest BCUT2D eigenvalue weighted by Crippen LogP contribution is 2.55. The van der Waals surface area contributed by atoms with Crippen LogP contribution in [0.4, 0.5) is 4.79 Å². The number of carbonyl (C=O) groups excluding carboxylic acids is 1. The highest BCUT2D eigenvalue weighted by atomic mass is 16.7. The van der Waals surface area contributed by atoms with Crippen LogP contribution < -0.4 is 9.47 Å². The third-order valence-electron chi connectivity index (χ3n) is 6.34. The van der Waals surface area contributed by atoms with Gasteiger partial charge in [0.1, 0.15) is 17.2 Å². The van der Waals surface area contributed by atoms with E-state index in [9.17, 15) is 9.90 Å². The molecular weight excluding hydrogens is 400 g/mol. The van der Waals surface area contributed by atoms with Crippen molar-refractivity contribution in [2.75, 3.05) is 0 Å². The lowest BCUT2D eigenvalue weighted by molar-refractivity contribution is 0.122. The first-order valence-corrected chi connectivity index (χ1v) is 11.1. The predicted octanol–water partition coefficient (Wildman–Crippen LogP) is 7.10. The minimum atomic E-state index is -0.757. The van der Waals surface area contributed by atoms with Crippen LogP contribution in [0.15, 0.2) is 78.9 Å². The van der Waals surface area contributed by atoms with Crippen LogP contribution in [0.3, 0.4) is 0 Å². The largest absolute Gasteiger partial charge is 0.519 e. The molecule has 1 saturated carbocycles. The van der Waals surface area contributed by atoms with E-state index < -0.39 is 6.16 Å². The number of phenols is 1. The van der Waals surface area contributed by atoms with Crippen LogP contribution in [0.1, 0.15) is 51.2 Å². The fourth-order valence-corrected chi connectivity index (χ4v) is 5.58. The average Bonchev–Trinajstić information content (AvgIpc) is 2.73. The first-order valence-electron chi connectivity index (χ1n) is 11.1. The maximum atomic E-state index is 12.6. The Hall–Kier alpha value is -3.27. The molecule has 1 N–H and O–H groups in total. The van der Waals surface area contributed by atoms with Crippen molar-refractivity contribution in [3.63, 3.8) is 0 Å². The van der Waals surface area contributed by atoms with Crippen LogP contribution in [0.2, 0.25) is 0 Å². The molecule has 2 unspecified atom stereocenters. The summed E-state index contributed by atoms with van der Waals surface area (Å²) in [6.45, 7) is 6.87. The Morgan fingerprint density at radius 2 is 1.53 bits per heavy atom. The zero-order chi connectivity index (χ0) is 22.8. The van der Waals surface area contributed by atoms with Gasteiger partial charge in [0.05, 0.1) is 0 Å². The molecule has 32 heavy (non-hydrogen) atoms. The molecule has 0 amide bonds. The molecule has 0 aliphatic heterocycles. The van der Waals surface area contributed by atoms with Crippen molar-refractivity contribution in [2.45, 2.75) is 45.4 Å². The van der Waals surface area contributed by atoms with E-state index in [-0.39, 0.29) is 16.6 Å². The van der Waals surface area contributed by atoms with Gasteiger partial charge in [-0.3, -0.25) is 0 Å². The Balaban J connectivity index is 1.75. The molecular formula is C28H30O4. The number of aromatic hydroxyl groups is 1. The lowest BCUT2D eigenvalue weighted by Crippen LogP contribution is -2.41. The quantitative estimate of drug-likeness (QED) is 0.354. The second kappa shape index (κ2) is 8.70. The molecule has 3 aromatic rings. The van der Waals surface area contributed by atoms with Gasteiger partial charge in [-0.05, 0) is 66.5 Å². The predicted molar refractivity (Wildman–Crippen MR) is 125 cm³/mol. The number of hydrogen-bond donors (Lipinski definition) is 1. The van der Waals surface area contributed by atoms with Gasteiger partial charge < -0.3 is 14.6 Å². The molecule has 1 fully saturated rings. The second-order valence-electron chi connectivity index (χ2n) is 9.75. The van der Waals surface area contributed by atoms with Crippen LogP contribution in [-0.2, 0) is 5.41 Å². The fraction of sp³-hybridized carbons (Fsp3) is 0.321. The van der Waals surface area contributed by atoms with Crippen molar-refractivity contribution >= 4 is 6.16 Å². The molecule has 0 heterocycles. The van der Waals surface area contributed by atoms with E-state index in [1.807, 2.05) is 54.6 Å². The number of ether oxygens (including phenoxy) is 2. The Morgan fingerprint density at radius 3 is 2.22 bits per heavy atom. The second-order valence-corrected chi connectivity index (χ2v) is 9.75. The number of phenolic OH excluding ortho intramolecular Hbond substituents is 1. The lowest BCUT2D eigenvalue weighted by atomic mass is 9.55. The maximum absolute atomic E-state index is 12.6. The van der Waals surface area contributed by atoms with Gasteiger partial charge in [-0.1, -0.05) is 69.3 Å². The minimum Gasteiger partial charge on any atom is -0.508 e. The van der Waals surface area contributed by atoms with Crippen molar-refractivity contribution < 1.29 is 19.4 Å². The monoisotopic (exact) mass is 430 g/mol. The standard InChI is InChI=1S/C28H30O4/c1-20-17-27(2,3)19-28(18-20,21-13-15-22(29)16-14-21)24-11-7-8-12-25(24)32-26(30)31-23-9-5-4-6-10-23/h4-16,20,29H,17-19H2,1-3H3. The highest BCUT2D eigenvalue weighted by Gasteiger charge is 2.46.